The van der Waals surface area contributed by atoms with Crippen molar-refractivity contribution in [1.29, 1.82) is 0 Å². The van der Waals surface area contributed by atoms with Crippen LogP contribution in [-0.2, 0) is 82.5 Å². The van der Waals surface area contributed by atoms with Crippen molar-refractivity contribution in [3.05, 3.63) is 60.8 Å². The van der Waals surface area contributed by atoms with Gasteiger partial charge in [-0.1, -0.05) is 103 Å². The standard InChI is InChI=1S/C17H30N2O3Si.C11H26O3Si.C10H20O5Si.C6H16O3SSi.C6H16O3Si/c1-6-18(14-11-15-23(20-3,21-4)22-5)19(7-2)16-17-12-9-8-10-13-17;1-5-6-7-8-9-10-11-15(12-2,13-3)14-4;1-9(2)10(11)15-7-6-8-16(12-3,13-4)14-5;1-7-11(8-2,9-3)6-4-5-10;1-5-6-10(7-2,8-3)9-4/h7-10,12-13H,2,6,11,14-16H2,1,3-5H3;5-11H2,1-4H3;1,6-8H2,2-5H3;10H,4-6H2,1-3H3;5-6H2,1-4H3. The molecule has 25 heteroatoms. The van der Waals surface area contributed by atoms with Gasteiger partial charge in [-0.05, 0) is 43.9 Å². The molecule has 0 unspecified atom stereocenters. The van der Waals surface area contributed by atoms with Crippen molar-refractivity contribution < 1.29 is 75.9 Å². The Balaban J connectivity index is -0.000000435. The molecular formula is C50H108N2O17SSi5. The summed E-state index contributed by atoms with van der Waals surface area (Å²) in [7, 11) is 12.6. The number of benzene rings is 1. The molecule has 0 radical (unpaired) electrons. The van der Waals surface area contributed by atoms with Gasteiger partial charge in [0.2, 0.25) is 0 Å². The average Bonchev–Trinajstić information content (AvgIpc) is 3.46. The highest BCUT2D eigenvalue weighted by Gasteiger charge is 2.40. The number of nitrogens with zero attached hydrogens (tertiary/aromatic N) is 2. The van der Waals surface area contributed by atoms with Crippen LogP contribution < -0.4 is 0 Å². The van der Waals surface area contributed by atoms with Crippen molar-refractivity contribution in [3.8, 4) is 0 Å². The molecular weight excluding hydrogens is 1070 g/mol. The Morgan fingerprint density at radius 2 is 0.867 bits per heavy atom. The van der Waals surface area contributed by atoms with Crippen LogP contribution in [0.1, 0.15) is 97.5 Å². The smallest absolute Gasteiger partial charge is 0.462 e. The quantitative estimate of drug-likeness (QED) is 0.0164. The van der Waals surface area contributed by atoms with Gasteiger partial charge in [-0.25, -0.2) is 9.80 Å². The lowest BCUT2D eigenvalue weighted by molar-refractivity contribution is -0.139. The number of unbranched alkanes of at least 4 members (excludes halogenated alkanes) is 5. The number of ether oxygens (including phenoxy) is 1. The molecule has 19 nitrogen and oxygen atoms in total. The molecule has 0 spiro atoms. The fourth-order valence-electron chi connectivity index (χ4n) is 7.08. The number of esters is 1. The third-order valence-electron chi connectivity index (χ3n) is 11.9. The minimum absolute atomic E-state index is 0.316. The highest BCUT2D eigenvalue weighted by molar-refractivity contribution is 7.80. The van der Waals surface area contributed by atoms with Gasteiger partial charge in [0, 0.05) is 162 Å². The van der Waals surface area contributed by atoms with E-state index >= 15 is 0 Å². The molecule has 0 amide bonds. The summed E-state index contributed by atoms with van der Waals surface area (Å²) in [5, 5.41) is 4.44. The lowest BCUT2D eigenvalue weighted by Crippen LogP contribution is -2.44. The Morgan fingerprint density at radius 3 is 1.20 bits per heavy atom. The largest absolute Gasteiger partial charge is 0.500 e. The van der Waals surface area contributed by atoms with Crippen LogP contribution in [0.3, 0.4) is 0 Å². The van der Waals surface area contributed by atoms with Crippen molar-refractivity contribution in [3.63, 3.8) is 0 Å². The topological polar surface area (TPSA) is 171 Å². The summed E-state index contributed by atoms with van der Waals surface area (Å²) in [6.07, 6.45) is 13.2. The fraction of sp³-hybridized carbons (Fsp3) is 0.780. The van der Waals surface area contributed by atoms with Crippen LogP contribution in [-0.4, -0.2) is 192 Å². The fourth-order valence-corrected chi connectivity index (χ4v) is 16.2. The molecule has 75 heavy (non-hydrogen) atoms. The number of thiol groups is 1. The zero-order valence-electron chi connectivity index (χ0n) is 50.3. The average molecular weight is 1180 g/mol. The van der Waals surface area contributed by atoms with Crippen LogP contribution in [0.2, 0.25) is 30.2 Å². The van der Waals surface area contributed by atoms with Gasteiger partial charge in [-0.2, -0.15) is 12.6 Å². The van der Waals surface area contributed by atoms with E-state index in [-0.39, 0.29) is 5.97 Å². The second kappa shape index (κ2) is 50.9. The van der Waals surface area contributed by atoms with Gasteiger partial charge in [0.05, 0.1) is 13.2 Å². The summed E-state index contributed by atoms with van der Waals surface area (Å²) in [5.74, 6) is 0.463. The maximum absolute atomic E-state index is 11.1. The first kappa shape index (κ1) is 80.2. The maximum Gasteiger partial charge on any atom is 0.500 e. The van der Waals surface area contributed by atoms with E-state index in [4.69, 9.17) is 71.1 Å². The molecule has 1 aromatic carbocycles. The minimum Gasteiger partial charge on any atom is -0.462 e. The summed E-state index contributed by atoms with van der Waals surface area (Å²) >= 11 is 4.10. The van der Waals surface area contributed by atoms with Gasteiger partial charge < -0.3 is 76.1 Å². The van der Waals surface area contributed by atoms with E-state index in [9.17, 15) is 4.79 Å². The molecule has 0 aromatic heterocycles. The molecule has 0 aliphatic carbocycles. The predicted octanol–water partition coefficient (Wildman–Crippen LogP) is 10.2. The molecule has 0 saturated carbocycles. The molecule has 1 aromatic rings. The van der Waals surface area contributed by atoms with Crippen molar-refractivity contribution in [2.45, 2.75) is 129 Å². The molecule has 1 rings (SSSR count). The first-order valence-corrected chi connectivity index (χ1v) is 36.1. The highest BCUT2D eigenvalue weighted by Crippen LogP contribution is 2.20. The van der Waals surface area contributed by atoms with E-state index in [0.717, 1.165) is 75.2 Å². The summed E-state index contributed by atoms with van der Waals surface area (Å²) in [4.78, 5) is 11.1. The Labute approximate surface area is 468 Å². The lowest BCUT2D eigenvalue weighted by Gasteiger charge is -2.34. The van der Waals surface area contributed by atoms with Crippen LogP contribution in [0, 0.1) is 0 Å². The van der Waals surface area contributed by atoms with E-state index in [1.807, 2.05) is 12.3 Å². The van der Waals surface area contributed by atoms with Crippen molar-refractivity contribution >= 4 is 62.6 Å². The number of carbonyl (C=O) groups excluding carboxylic acids is 1. The number of hydrazine groups is 1. The zero-order chi connectivity index (χ0) is 58.1. The summed E-state index contributed by atoms with van der Waals surface area (Å²) in [6.45, 7) is 18.5. The van der Waals surface area contributed by atoms with Crippen molar-refractivity contribution in [2.75, 3.05) is 132 Å². The van der Waals surface area contributed by atoms with Gasteiger partial charge in [0.15, 0.2) is 0 Å². The molecule has 0 aliphatic heterocycles. The predicted molar refractivity (Wildman–Crippen MR) is 315 cm³/mol. The van der Waals surface area contributed by atoms with E-state index in [2.05, 4.69) is 80.8 Å². The molecule has 0 N–H and O–H groups in total. The van der Waals surface area contributed by atoms with Crippen molar-refractivity contribution in [1.82, 2.24) is 10.0 Å². The van der Waals surface area contributed by atoms with Gasteiger partial charge in [0.1, 0.15) is 0 Å². The van der Waals surface area contributed by atoms with Gasteiger partial charge in [0.25, 0.3) is 0 Å². The van der Waals surface area contributed by atoms with Gasteiger partial charge >= 0.3 is 50.0 Å². The Bertz CT molecular complexity index is 1410. The number of carbonyl (C=O) groups is 1. The first-order chi connectivity index (χ1) is 35.9. The number of hydrogen-bond acceptors (Lipinski definition) is 20. The van der Waals surface area contributed by atoms with E-state index in [1.54, 1.807) is 114 Å². The van der Waals surface area contributed by atoms with Gasteiger partial charge in [-0.15, -0.1) is 0 Å². The summed E-state index contributed by atoms with van der Waals surface area (Å²) < 4.78 is 84.2. The molecule has 0 fully saturated rings. The Morgan fingerprint density at radius 1 is 0.507 bits per heavy atom. The maximum atomic E-state index is 11.1. The third-order valence-corrected chi connectivity index (χ3v) is 26.6. The van der Waals surface area contributed by atoms with E-state index < -0.39 is 44.0 Å². The normalized spacial score (nSPS) is 11.7. The number of rotatable bonds is 41. The molecule has 0 aliphatic rings. The summed E-state index contributed by atoms with van der Waals surface area (Å²) in [6, 6.07) is 14.5. The van der Waals surface area contributed by atoms with Crippen LogP contribution in [0.5, 0.6) is 0 Å². The second-order valence-electron chi connectivity index (χ2n) is 16.5. The molecule has 0 bridgehead atoms. The van der Waals surface area contributed by atoms with E-state index in [0.29, 0.717) is 24.6 Å². The molecule has 0 heterocycles. The third kappa shape index (κ3) is 35.9. The molecule has 0 atom stereocenters. The van der Waals surface area contributed by atoms with Gasteiger partial charge in [-0.3, -0.25) is 0 Å². The number of hydrogen-bond donors (Lipinski definition) is 1. The van der Waals surface area contributed by atoms with Crippen LogP contribution in [0.25, 0.3) is 0 Å². The molecule has 0 saturated heterocycles. The van der Waals surface area contributed by atoms with Crippen LogP contribution in [0.15, 0.2) is 55.3 Å². The monoisotopic (exact) mass is 1180 g/mol. The zero-order valence-corrected chi connectivity index (χ0v) is 56.2. The minimum atomic E-state index is -2.53. The van der Waals surface area contributed by atoms with Crippen LogP contribution >= 0.6 is 12.6 Å². The first-order valence-electron chi connectivity index (χ1n) is 25.8. The Kier molecular flexibility index (Phi) is 54.5. The second-order valence-corrected chi connectivity index (χ2v) is 32.4. The lowest BCUT2D eigenvalue weighted by atomic mass is 10.1. The van der Waals surface area contributed by atoms with E-state index in [1.165, 1.54) is 37.7 Å². The van der Waals surface area contributed by atoms with Crippen LogP contribution in [0.4, 0.5) is 0 Å². The Hall–Kier alpha value is -1.24. The highest BCUT2D eigenvalue weighted by atomic mass is 32.1. The SMILES string of the molecule is C=C(C)C(=O)OCCC[Si](OC)(OC)OC.C=CN(Cc1ccccc1)N(CC)CCC[Si](OC)(OC)OC.CCCCCCCC[Si](OC)(OC)OC.CCC[Si](OC)(OC)OC.CO[Si](CCCS)(OC)OC. The molecule has 446 valence electrons. The summed E-state index contributed by atoms with van der Waals surface area (Å²) in [5.41, 5.74) is 1.66. The van der Waals surface area contributed by atoms with Crippen molar-refractivity contribution in [2.24, 2.45) is 0 Å².